The Kier molecular flexibility index (Phi) is 6.59. The van der Waals surface area contributed by atoms with Crippen LogP contribution in [0.4, 0.5) is 20.2 Å². The van der Waals surface area contributed by atoms with E-state index in [0.717, 1.165) is 12.1 Å². The number of ether oxygens (including phenoxy) is 1. The second kappa shape index (κ2) is 8.88. The fourth-order valence-corrected chi connectivity index (χ4v) is 2.19. The third-order valence-corrected chi connectivity index (χ3v) is 3.49. The van der Waals surface area contributed by atoms with Crippen LogP contribution >= 0.6 is 0 Å². The minimum atomic E-state index is -1.17. The molecule has 0 unspecified atom stereocenters. The molecule has 0 aromatic heterocycles. The molecule has 8 heteroatoms. The van der Waals surface area contributed by atoms with E-state index in [4.69, 9.17) is 4.74 Å². The van der Waals surface area contributed by atoms with Crippen LogP contribution in [0.25, 0.3) is 0 Å². The molecule has 2 N–H and O–H groups in total. The minimum Gasteiger partial charge on any atom is -0.452 e. The zero-order valence-electron chi connectivity index (χ0n) is 14.7. The summed E-state index contributed by atoms with van der Waals surface area (Å²) in [5.74, 6) is -3.30. The van der Waals surface area contributed by atoms with E-state index in [0.29, 0.717) is 17.3 Å². The fraction of sp³-hybridized carbons (Fsp3) is 0.211. The van der Waals surface area contributed by atoms with Crippen molar-refractivity contribution in [1.29, 1.82) is 0 Å². The van der Waals surface area contributed by atoms with E-state index in [-0.39, 0.29) is 18.0 Å². The molecule has 0 radical (unpaired) electrons. The Hall–Kier alpha value is -3.29. The van der Waals surface area contributed by atoms with Gasteiger partial charge in [0.1, 0.15) is 11.6 Å². The topological polar surface area (TPSA) is 84.5 Å². The molecule has 142 valence electrons. The SMILES string of the molecule is CC(=O)Nc1ccc(CC(=O)O[C@@H](C)C(=O)Nc2ccc(F)cc2F)cc1. The lowest BCUT2D eigenvalue weighted by atomic mass is 10.1. The van der Waals surface area contributed by atoms with E-state index < -0.39 is 29.6 Å². The molecule has 2 rings (SSSR count). The molecular weight excluding hydrogens is 358 g/mol. The summed E-state index contributed by atoms with van der Waals surface area (Å²) in [6.07, 6.45) is -1.25. The first kappa shape index (κ1) is 20.0. The van der Waals surface area contributed by atoms with Gasteiger partial charge in [0.25, 0.3) is 5.91 Å². The fourth-order valence-electron chi connectivity index (χ4n) is 2.19. The number of halogens is 2. The van der Waals surface area contributed by atoms with Gasteiger partial charge in [0.05, 0.1) is 12.1 Å². The zero-order chi connectivity index (χ0) is 20.0. The van der Waals surface area contributed by atoms with Crippen LogP contribution in [0.2, 0.25) is 0 Å². The Bertz CT molecular complexity index is 853. The maximum Gasteiger partial charge on any atom is 0.311 e. The van der Waals surface area contributed by atoms with Crippen molar-refractivity contribution in [3.05, 3.63) is 59.7 Å². The molecule has 2 amide bonds. The molecule has 2 aromatic carbocycles. The Labute approximate surface area is 154 Å². The number of carbonyl (C=O) groups excluding carboxylic acids is 3. The molecular formula is C19H18F2N2O4. The molecule has 0 aliphatic heterocycles. The maximum absolute atomic E-state index is 13.5. The first-order chi connectivity index (χ1) is 12.7. The van der Waals surface area contributed by atoms with E-state index in [1.165, 1.54) is 13.8 Å². The highest BCUT2D eigenvalue weighted by atomic mass is 19.1. The van der Waals surface area contributed by atoms with Crippen LogP contribution in [0, 0.1) is 11.6 Å². The highest BCUT2D eigenvalue weighted by molar-refractivity contribution is 5.95. The van der Waals surface area contributed by atoms with Crippen LogP contribution in [0.15, 0.2) is 42.5 Å². The van der Waals surface area contributed by atoms with Gasteiger partial charge in [0.15, 0.2) is 6.10 Å². The van der Waals surface area contributed by atoms with E-state index in [2.05, 4.69) is 10.6 Å². The zero-order valence-corrected chi connectivity index (χ0v) is 14.7. The largest absolute Gasteiger partial charge is 0.452 e. The molecule has 1 atom stereocenters. The third-order valence-electron chi connectivity index (χ3n) is 3.49. The number of esters is 1. The number of carbonyl (C=O) groups is 3. The van der Waals surface area contributed by atoms with Crippen molar-refractivity contribution in [3.63, 3.8) is 0 Å². The highest BCUT2D eigenvalue weighted by Crippen LogP contribution is 2.16. The highest BCUT2D eigenvalue weighted by Gasteiger charge is 2.19. The van der Waals surface area contributed by atoms with E-state index in [1.54, 1.807) is 24.3 Å². The second-order valence-corrected chi connectivity index (χ2v) is 5.80. The van der Waals surface area contributed by atoms with Gasteiger partial charge in [0.2, 0.25) is 5.91 Å². The first-order valence-corrected chi connectivity index (χ1v) is 8.06. The van der Waals surface area contributed by atoms with Crippen LogP contribution in [0.1, 0.15) is 19.4 Å². The summed E-state index contributed by atoms with van der Waals surface area (Å²) in [4.78, 5) is 34.9. The summed E-state index contributed by atoms with van der Waals surface area (Å²) in [7, 11) is 0. The summed E-state index contributed by atoms with van der Waals surface area (Å²) >= 11 is 0. The number of benzene rings is 2. The smallest absolute Gasteiger partial charge is 0.311 e. The summed E-state index contributed by atoms with van der Waals surface area (Å²) in [6, 6.07) is 9.27. The van der Waals surface area contributed by atoms with E-state index in [1.807, 2.05) is 0 Å². The van der Waals surface area contributed by atoms with Crippen LogP contribution < -0.4 is 10.6 Å². The third kappa shape index (κ3) is 6.18. The second-order valence-electron chi connectivity index (χ2n) is 5.80. The Morgan fingerprint density at radius 1 is 1.04 bits per heavy atom. The minimum absolute atomic E-state index is 0.0805. The molecule has 0 aliphatic rings. The van der Waals surface area contributed by atoms with E-state index >= 15 is 0 Å². The molecule has 0 saturated carbocycles. The number of hydrogen-bond donors (Lipinski definition) is 2. The molecule has 0 heterocycles. The summed E-state index contributed by atoms with van der Waals surface area (Å²) < 4.78 is 31.4. The Balaban J connectivity index is 1.88. The molecule has 0 spiro atoms. The molecule has 6 nitrogen and oxygen atoms in total. The predicted molar refractivity (Wildman–Crippen MR) is 95.0 cm³/mol. The number of amides is 2. The molecule has 2 aromatic rings. The Morgan fingerprint density at radius 2 is 1.70 bits per heavy atom. The number of anilines is 2. The first-order valence-electron chi connectivity index (χ1n) is 8.06. The molecule has 0 aliphatic carbocycles. The lowest BCUT2D eigenvalue weighted by Gasteiger charge is -2.14. The molecule has 0 fully saturated rings. The normalized spacial score (nSPS) is 11.4. The Morgan fingerprint density at radius 3 is 2.30 bits per heavy atom. The van der Waals surface area contributed by atoms with Gasteiger partial charge in [-0.3, -0.25) is 14.4 Å². The van der Waals surface area contributed by atoms with Gasteiger partial charge in [-0.2, -0.15) is 0 Å². The number of nitrogens with one attached hydrogen (secondary N) is 2. The average molecular weight is 376 g/mol. The van der Waals surface area contributed by atoms with Gasteiger partial charge >= 0.3 is 5.97 Å². The van der Waals surface area contributed by atoms with Crippen molar-refractivity contribution >= 4 is 29.2 Å². The van der Waals surface area contributed by atoms with Gasteiger partial charge in [-0.1, -0.05) is 12.1 Å². The van der Waals surface area contributed by atoms with Crippen molar-refractivity contribution in [3.8, 4) is 0 Å². The summed E-state index contributed by atoms with van der Waals surface area (Å²) in [5.41, 5.74) is 1.01. The maximum atomic E-state index is 13.5. The van der Waals surface area contributed by atoms with Crippen LogP contribution in [-0.4, -0.2) is 23.9 Å². The standard InChI is InChI=1S/C19H18F2N2O4/c1-11(19(26)23-17-8-5-14(20)10-16(17)21)27-18(25)9-13-3-6-15(7-4-13)22-12(2)24/h3-8,10-11H,9H2,1-2H3,(H,22,24)(H,23,26)/t11-/m0/s1. The number of hydrogen-bond acceptors (Lipinski definition) is 4. The molecule has 0 bridgehead atoms. The van der Waals surface area contributed by atoms with Crippen molar-refractivity contribution in [2.75, 3.05) is 10.6 Å². The van der Waals surface area contributed by atoms with Crippen molar-refractivity contribution in [2.24, 2.45) is 0 Å². The summed E-state index contributed by atoms with van der Waals surface area (Å²) in [5, 5.41) is 4.84. The summed E-state index contributed by atoms with van der Waals surface area (Å²) in [6.45, 7) is 2.73. The van der Waals surface area contributed by atoms with Crippen molar-refractivity contribution in [1.82, 2.24) is 0 Å². The lowest BCUT2D eigenvalue weighted by Crippen LogP contribution is -2.30. The van der Waals surface area contributed by atoms with E-state index in [9.17, 15) is 23.2 Å². The average Bonchev–Trinajstić information content (AvgIpc) is 2.58. The number of rotatable bonds is 6. The van der Waals surface area contributed by atoms with Gasteiger partial charge in [-0.05, 0) is 36.8 Å². The van der Waals surface area contributed by atoms with Gasteiger partial charge in [-0.15, -0.1) is 0 Å². The molecule has 27 heavy (non-hydrogen) atoms. The van der Waals surface area contributed by atoms with Gasteiger partial charge < -0.3 is 15.4 Å². The van der Waals surface area contributed by atoms with Gasteiger partial charge in [-0.25, -0.2) is 8.78 Å². The monoisotopic (exact) mass is 376 g/mol. The van der Waals surface area contributed by atoms with Crippen LogP contribution in [-0.2, 0) is 25.5 Å². The molecule has 0 saturated heterocycles. The van der Waals surface area contributed by atoms with Crippen LogP contribution in [0.5, 0.6) is 0 Å². The lowest BCUT2D eigenvalue weighted by molar-refractivity contribution is -0.152. The van der Waals surface area contributed by atoms with Gasteiger partial charge in [0, 0.05) is 18.7 Å². The predicted octanol–water partition coefficient (Wildman–Crippen LogP) is 3.04. The van der Waals surface area contributed by atoms with Crippen molar-refractivity contribution < 1.29 is 27.9 Å². The van der Waals surface area contributed by atoms with Crippen LogP contribution in [0.3, 0.4) is 0 Å². The van der Waals surface area contributed by atoms with Crippen molar-refractivity contribution in [2.45, 2.75) is 26.4 Å². The quantitative estimate of drug-likeness (QED) is 0.759.